The molecule has 2 aromatic rings. The number of aromatic nitrogens is 2. The van der Waals surface area contributed by atoms with Crippen LogP contribution in [0.1, 0.15) is 30.2 Å². The van der Waals surface area contributed by atoms with Crippen molar-refractivity contribution in [3.63, 3.8) is 0 Å². The molecule has 18 heavy (non-hydrogen) atoms. The third kappa shape index (κ3) is 1.95. The van der Waals surface area contributed by atoms with Crippen molar-refractivity contribution in [2.45, 2.75) is 30.2 Å². The van der Waals surface area contributed by atoms with Gasteiger partial charge in [0.15, 0.2) is 0 Å². The molecule has 3 rings (SSSR count). The molecule has 0 amide bonds. The Labute approximate surface area is 104 Å². The van der Waals surface area contributed by atoms with Crippen LogP contribution in [0.5, 0.6) is 0 Å². The maximum absolute atomic E-state index is 12.1. The van der Waals surface area contributed by atoms with Gasteiger partial charge in [0.1, 0.15) is 10.7 Å². The van der Waals surface area contributed by atoms with Gasteiger partial charge < -0.3 is 4.42 Å². The van der Waals surface area contributed by atoms with Gasteiger partial charge in [-0.25, -0.2) is 13.1 Å². The molecule has 2 N–H and O–H groups in total. The normalized spacial score (nSPS) is 19.7. The molecule has 0 bridgehead atoms. The van der Waals surface area contributed by atoms with Crippen molar-refractivity contribution in [1.82, 2.24) is 14.9 Å². The summed E-state index contributed by atoms with van der Waals surface area (Å²) in [6.07, 6.45) is 6.83. The quantitative estimate of drug-likeness (QED) is 0.878. The number of aryl methyl sites for hydroxylation is 1. The van der Waals surface area contributed by atoms with Gasteiger partial charge in [-0.05, 0) is 18.9 Å². The zero-order valence-corrected chi connectivity index (χ0v) is 10.4. The molecule has 0 aliphatic heterocycles. The third-order valence-electron chi connectivity index (χ3n) is 3.13. The molecular weight excluding hydrogens is 254 g/mol. The molecule has 2 aromatic heterocycles. The van der Waals surface area contributed by atoms with E-state index >= 15 is 0 Å². The number of fused-ring (bicyclic) bond motifs is 1. The first kappa shape index (κ1) is 11.5. The van der Waals surface area contributed by atoms with E-state index in [4.69, 9.17) is 4.42 Å². The largest absolute Gasteiger partial charge is 0.469 e. The maximum atomic E-state index is 12.1. The molecule has 6 nitrogen and oxygen atoms in total. The van der Waals surface area contributed by atoms with Crippen LogP contribution in [0.15, 0.2) is 34.0 Å². The summed E-state index contributed by atoms with van der Waals surface area (Å²) in [7, 11) is -3.52. The number of aromatic amines is 1. The number of sulfonamides is 1. The molecule has 0 fully saturated rings. The van der Waals surface area contributed by atoms with Crippen molar-refractivity contribution in [1.29, 1.82) is 0 Å². The Bertz CT molecular complexity index is 630. The van der Waals surface area contributed by atoms with Crippen LogP contribution in [0.3, 0.4) is 0 Å². The minimum absolute atomic E-state index is 0.151. The van der Waals surface area contributed by atoms with Crippen LogP contribution in [-0.4, -0.2) is 18.6 Å². The predicted octanol–water partition coefficient (Wildman–Crippen LogP) is 1.36. The summed E-state index contributed by atoms with van der Waals surface area (Å²) >= 11 is 0. The van der Waals surface area contributed by atoms with E-state index in [9.17, 15) is 8.42 Å². The summed E-state index contributed by atoms with van der Waals surface area (Å²) in [6.45, 7) is 0. The number of rotatable bonds is 3. The molecule has 1 aliphatic carbocycles. The monoisotopic (exact) mass is 267 g/mol. The SMILES string of the molecule is O=S(=O)(N[C@@H]1CCCc2occc21)c1cn[nH]c1. The summed E-state index contributed by atoms with van der Waals surface area (Å²) in [6, 6.07) is 1.62. The number of H-pyrrole nitrogens is 1. The highest BCUT2D eigenvalue weighted by Crippen LogP contribution is 2.31. The minimum Gasteiger partial charge on any atom is -0.469 e. The third-order valence-corrected chi connectivity index (χ3v) is 4.57. The van der Waals surface area contributed by atoms with Gasteiger partial charge in [0, 0.05) is 18.2 Å². The van der Waals surface area contributed by atoms with Gasteiger partial charge in [-0.3, -0.25) is 5.10 Å². The molecule has 96 valence electrons. The molecule has 0 spiro atoms. The van der Waals surface area contributed by atoms with Gasteiger partial charge in [0.05, 0.1) is 18.5 Å². The molecule has 0 unspecified atom stereocenters. The number of hydrogen-bond donors (Lipinski definition) is 2. The van der Waals surface area contributed by atoms with E-state index in [1.807, 2.05) is 6.07 Å². The van der Waals surface area contributed by atoms with E-state index in [0.717, 1.165) is 30.6 Å². The fourth-order valence-electron chi connectivity index (χ4n) is 2.25. The Morgan fingerprint density at radius 2 is 2.39 bits per heavy atom. The summed E-state index contributed by atoms with van der Waals surface area (Å²) < 4.78 is 32.2. The van der Waals surface area contributed by atoms with Crippen molar-refractivity contribution < 1.29 is 12.8 Å². The topological polar surface area (TPSA) is 88.0 Å². The number of nitrogens with one attached hydrogen (secondary N) is 2. The van der Waals surface area contributed by atoms with E-state index in [0.29, 0.717) is 0 Å². The fraction of sp³-hybridized carbons (Fsp3) is 0.364. The zero-order valence-electron chi connectivity index (χ0n) is 9.59. The lowest BCUT2D eigenvalue weighted by Gasteiger charge is -2.22. The highest BCUT2D eigenvalue weighted by atomic mass is 32.2. The first-order valence-corrected chi connectivity index (χ1v) is 7.22. The summed E-state index contributed by atoms with van der Waals surface area (Å²) in [5.41, 5.74) is 0.938. The Morgan fingerprint density at radius 1 is 1.50 bits per heavy atom. The molecule has 2 heterocycles. The smallest absolute Gasteiger partial charge is 0.244 e. The highest BCUT2D eigenvalue weighted by Gasteiger charge is 2.27. The van der Waals surface area contributed by atoms with Gasteiger partial charge in [-0.1, -0.05) is 0 Å². The zero-order chi connectivity index (χ0) is 12.6. The average Bonchev–Trinajstić information content (AvgIpc) is 3.00. The van der Waals surface area contributed by atoms with E-state index in [2.05, 4.69) is 14.9 Å². The van der Waals surface area contributed by atoms with Crippen LogP contribution in [-0.2, 0) is 16.4 Å². The van der Waals surface area contributed by atoms with Crippen molar-refractivity contribution in [2.24, 2.45) is 0 Å². The Kier molecular flexibility index (Phi) is 2.71. The highest BCUT2D eigenvalue weighted by molar-refractivity contribution is 7.89. The predicted molar refractivity (Wildman–Crippen MR) is 63.3 cm³/mol. The summed E-state index contributed by atoms with van der Waals surface area (Å²) in [5, 5.41) is 6.15. The van der Waals surface area contributed by atoms with Gasteiger partial charge in [-0.2, -0.15) is 5.10 Å². The van der Waals surface area contributed by atoms with E-state index < -0.39 is 10.0 Å². The van der Waals surface area contributed by atoms with E-state index in [1.54, 1.807) is 6.26 Å². The van der Waals surface area contributed by atoms with Crippen LogP contribution in [0.25, 0.3) is 0 Å². The first-order valence-electron chi connectivity index (χ1n) is 5.74. The molecular formula is C11H13N3O3S. The van der Waals surface area contributed by atoms with Crippen LogP contribution in [0, 0.1) is 0 Å². The maximum Gasteiger partial charge on any atom is 0.244 e. The van der Waals surface area contributed by atoms with Gasteiger partial charge in [0.2, 0.25) is 10.0 Å². The standard InChI is InChI=1S/C11H13N3O3S/c15-18(16,8-6-12-13-7-8)14-10-2-1-3-11-9(10)4-5-17-11/h4-7,10,14H,1-3H2,(H,12,13)/t10-/m1/s1. The van der Waals surface area contributed by atoms with Crippen LogP contribution < -0.4 is 4.72 Å². The summed E-state index contributed by atoms with van der Waals surface area (Å²) in [4.78, 5) is 0.151. The molecule has 0 saturated carbocycles. The summed E-state index contributed by atoms with van der Waals surface area (Å²) in [5.74, 6) is 0.876. The molecule has 0 saturated heterocycles. The average molecular weight is 267 g/mol. The van der Waals surface area contributed by atoms with Crippen molar-refractivity contribution in [3.8, 4) is 0 Å². The Morgan fingerprint density at radius 3 is 3.17 bits per heavy atom. The van der Waals surface area contributed by atoms with Crippen LogP contribution in [0.2, 0.25) is 0 Å². The molecule has 1 atom stereocenters. The number of hydrogen-bond acceptors (Lipinski definition) is 4. The fourth-order valence-corrected chi connectivity index (χ4v) is 3.40. The molecule has 0 aromatic carbocycles. The van der Waals surface area contributed by atoms with Gasteiger partial charge in [-0.15, -0.1) is 0 Å². The minimum atomic E-state index is -3.52. The Balaban J connectivity index is 1.87. The second-order valence-electron chi connectivity index (χ2n) is 4.30. The molecule has 0 radical (unpaired) electrons. The van der Waals surface area contributed by atoms with Crippen molar-refractivity contribution in [2.75, 3.05) is 0 Å². The van der Waals surface area contributed by atoms with E-state index in [-0.39, 0.29) is 10.9 Å². The second-order valence-corrected chi connectivity index (χ2v) is 6.01. The van der Waals surface area contributed by atoms with Crippen molar-refractivity contribution in [3.05, 3.63) is 36.0 Å². The van der Waals surface area contributed by atoms with Crippen LogP contribution >= 0.6 is 0 Å². The lowest BCUT2D eigenvalue weighted by Crippen LogP contribution is -2.30. The van der Waals surface area contributed by atoms with Gasteiger partial charge >= 0.3 is 0 Å². The second kappa shape index (κ2) is 4.25. The number of furan rings is 1. The molecule has 1 aliphatic rings. The molecule has 7 heteroatoms. The van der Waals surface area contributed by atoms with Crippen molar-refractivity contribution >= 4 is 10.0 Å². The Hall–Kier alpha value is -1.60. The lowest BCUT2D eigenvalue weighted by atomic mass is 9.94. The first-order chi connectivity index (χ1) is 8.67. The van der Waals surface area contributed by atoms with E-state index in [1.165, 1.54) is 12.4 Å². The van der Waals surface area contributed by atoms with Gasteiger partial charge in [0.25, 0.3) is 0 Å². The number of nitrogens with zero attached hydrogens (tertiary/aromatic N) is 1. The van der Waals surface area contributed by atoms with Crippen LogP contribution in [0.4, 0.5) is 0 Å². The lowest BCUT2D eigenvalue weighted by molar-refractivity contribution is 0.438.